The molecule has 0 saturated heterocycles. The Morgan fingerprint density at radius 3 is 2.38 bits per heavy atom. The van der Waals surface area contributed by atoms with Crippen LogP contribution in [-0.4, -0.2) is 23.1 Å². The van der Waals surface area contributed by atoms with Gasteiger partial charge in [-0.3, -0.25) is 4.79 Å². The first kappa shape index (κ1) is 16.3. The van der Waals surface area contributed by atoms with E-state index in [1.54, 1.807) is 12.1 Å². The summed E-state index contributed by atoms with van der Waals surface area (Å²) in [6.07, 6.45) is 5.12. The zero-order valence-corrected chi connectivity index (χ0v) is 13.2. The zero-order chi connectivity index (χ0) is 16.9. The van der Waals surface area contributed by atoms with Crippen LogP contribution in [0.1, 0.15) is 52.4 Å². The fourth-order valence-electron chi connectivity index (χ4n) is 2.72. The lowest BCUT2D eigenvalue weighted by Gasteiger charge is -2.11. The highest BCUT2D eigenvalue weighted by Gasteiger charge is 2.16. The molecule has 0 unspecified atom stereocenters. The minimum atomic E-state index is -1.21. The number of carboxylic acid groups (broad SMARTS) is 1. The summed E-state index contributed by atoms with van der Waals surface area (Å²) in [6.45, 7) is 0.569. The molecule has 0 bridgehead atoms. The molecule has 6 heteroatoms. The number of hydrogen-bond acceptors (Lipinski definition) is 4. The van der Waals surface area contributed by atoms with Crippen molar-refractivity contribution in [1.82, 2.24) is 0 Å². The van der Waals surface area contributed by atoms with E-state index in [9.17, 15) is 9.59 Å². The van der Waals surface area contributed by atoms with E-state index >= 15 is 0 Å². The van der Waals surface area contributed by atoms with Gasteiger partial charge in [-0.05, 0) is 42.7 Å². The number of nitrogens with one attached hydrogen (secondary N) is 1. The lowest BCUT2D eigenvalue weighted by Crippen LogP contribution is -2.11. The molecular weight excluding hydrogens is 310 g/mol. The van der Waals surface area contributed by atoms with Crippen LogP contribution in [0, 0.1) is 0 Å². The monoisotopic (exact) mass is 329 g/mol. The molecule has 0 radical (unpaired) electrons. The summed E-state index contributed by atoms with van der Waals surface area (Å²) in [5.74, 6) is -2.00. The second-order valence-electron chi connectivity index (χ2n) is 5.84. The third-order valence-electron chi connectivity index (χ3n) is 4.04. The largest absolute Gasteiger partial charge is 0.475 e. The minimum Gasteiger partial charge on any atom is -0.475 e. The number of carboxylic acids is 1. The molecule has 2 N–H and O–H groups in total. The van der Waals surface area contributed by atoms with Crippen molar-refractivity contribution < 1.29 is 23.8 Å². The van der Waals surface area contributed by atoms with E-state index in [0.29, 0.717) is 18.4 Å². The Balaban J connectivity index is 1.54. The summed E-state index contributed by atoms with van der Waals surface area (Å²) in [4.78, 5) is 22.8. The van der Waals surface area contributed by atoms with Crippen LogP contribution in [0.4, 0.5) is 5.69 Å². The van der Waals surface area contributed by atoms with Crippen molar-refractivity contribution in [2.75, 3.05) is 5.32 Å². The van der Waals surface area contributed by atoms with Gasteiger partial charge in [0.25, 0.3) is 5.91 Å². The Bertz CT molecular complexity index is 713. The number of carbonyl (C=O) groups excluding carboxylic acids is 1. The Labute approximate surface area is 139 Å². The van der Waals surface area contributed by atoms with Crippen molar-refractivity contribution in [1.29, 1.82) is 0 Å². The van der Waals surface area contributed by atoms with Crippen LogP contribution in [-0.2, 0) is 11.3 Å². The molecule has 1 amide bonds. The quantitative estimate of drug-likeness (QED) is 0.844. The molecule has 3 rings (SSSR count). The van der Waals surface area contributed by atoms with Gasteiger partial charge in [-0.1, -0.05) is 25.0 Å². The SMILES string of the molecule is O=C(O)c1ccc(C(=O)Nc2ccc(COC3CCCC3)cc2)o1. The maximum Gasteiger partial charge on any atom is 0.371 e. The molecule has 1 aromatic heterocycles. The fourth-order valence-corrected chi connectivity index (χ4v) is 2.72. The number of furan rings is 1. The Morgan fingerprint density at radius 1 is 1.08 bits per heavy atom. The molecule has 0 aliphatic heterocycles. The maximum absolute atomic E-state index is 12.0. The minimum absolute atomic E-state index is 0.0407. The van der Waals surface area contributed by atoms with E-state index in [2.05, 4.69) is 5.32 Å². The molecule has 1 heterocycles. The smallest absolute Gasteiger partial charge is 0.371 e. The molecule has 24 heavy (non-hydrogen) atoms. The third-order valence-corrected chi connectivity index (χ3v) is 4.04. The lowest BCUT2D eigenvalue weighted by atomic mass is 10.2. The van der Waals surface area contributed by atoms with E-state index in [4.69, 9.17) is 14.3 Å². The van der Waals surface area contributed by atoms with Crippen LogP contribution in [0.15, 0.2) is 40.8 Å². The van der Waals surface area contributed by atoms with Gasteiger partial charge in [0, 0.05) is 5.69 Å². The van der Waals surface area contributed by atoms with Gasteiger partial charge >= 0.3 is 5.97 Å². The summed E-state index contributed by atoms with van der Waals surface area (Å²) in [5, 5.41) is 11.5. The van der Waals surface area contributed by atoms with Gasteiger partial charge in [0.05, 0.1) is 12.7 Å². The molecule has 126 valence electrons. The number of benzene rings is 1. The number of anilines is 1. The van der Waals surface area contributed by atoms with Crippen molar-refractivity contribution in [3.8, 4) is 0 Å². The average molecular weight is 329 g/mol. The first-order valence-electron chi connectivity index (χ1n) is 7.97. The van der Waals surface area contributed by atoms with Crippen molar-refractivity contribution in [3.05, 3.63) is 53.5 Å². The summed E-state index contributed by atoms with van der Waals surface area (Å²) in [6, 6.07) is 9.95. The number of amides is 1. The zero-order valence-electron chi connectivity index (χ0n) is 13.2. The van der Waals surface area contributed by atoms with Gasteiger partial charge in [-0.15, -0.1) is 0 Å². The van der Waals surface area contributed by atoms with Gasteiger partial charge in [-0.2, -0.15) is 0 Å². The Morgan fingerprint density at radius 2 is 1.75 bits per heavy atom. The molecule has 6 nitrogen and oxygen atoms in total. The van der Waals surface area contributed by atoms with Gasteiger partial charge in [0.2, 0.25) is 5.76 Å². The normalized spacial score (nSPS) is 14.7. The summed E-state index contributed by atoms with van der Waals surface area (Å²) in [7, 11) is 0. The van der Waals surface area contributed by atoms with Crippen LogP contribution < -0.4 is 5.32 Å². The number of hydrogen-bond donors (Lipinski definition) is 2. The van der Waals surface area contributed by atoms with Crippen LogP contribution in [0.5, 0.6) is 0 Å². The van der Waals surface area contributed by atoms with Crippen molar-refractivity contribution in [2.24, 2.45) is 0 Å². The molecule has 0 atom stereocenters. The topological polar surface area (TPSA) is 88.8 Å². The first-order valence-corrected chi connectivity index (χ1v) is 7.97. The number of ether oxygens (including phenoxy) is 1. The maximum atomic E-state index is 12.0. The number of aromatic carboxylic acids is 1. The molecular formula is C18H19NO5. The molecule has 1 aliphatic carbocycles. The van der Waals surface area contributed by atoms with Crippen LogP contribution >= 0.6 is 0 Å². The Hall–Kier alpha value is -2.60. The van der Waals surface area contributed by atoms with Gasteiger partial charge in [-0.25, -0.2) is 4.79 Å². The number of rotatable bonds is 6. The van der Waals surface area contributed by atoms with E-state index < -0.39 is 11.9 Å². The molecule has 0 spiro atoms. The van der Waals surface area contributed by atoms with E-state index in [-0.39, 0.29) is 11.5 Å². The molecule has 1 fully saturated rings. The molecule has 2 aromatic rings. The lowest BCUT2D eigenvalue weighted by molar-refractivity contribution is 0.0457. The fraction of sp³-hybridized carbons (Fsp3) is 0.333. The summed E-state index contributed by atoms with van der Waals surface area (Å²) >= 11 is 0. The summed E-state index contributed by atoms with van der Waals surface area (Å²) in [5.41, 5.74) is 1.66. The van der Waals surface area contributed by atoms with Gasteiger partial charge < -0.3 is 19.6 Å². The predicted molar refractivity (Wildman–Crippen MR) is 87.1 cm³/mol. The van der Waals surface area contributed by atoms with Crippen molar-refractivity contribution in [3.63, 3.8) is 0 Å². The molecule has 1 saturated carbocycles. The number of carbonyl (C=O) groups is 2. The first-order chi connectivity index (χ1) is 11.6. The Kier molecular flexibility index (Phi) is 4.96. The second kappa shape index (κ2) is 7.31. The highest BCUT2D eigenvalue weighted by Crippen LogP contribution is 2.22. The second-order valence-corrected chi connectivity index (χ2v) is 5.84. The predicted octanol–water partition coefficient (Wildman–Crippen LogP) is 3.69. The van der Waals surface area contributed by atoms with Crippen LogP contribution in [0.25, 0.3) is 0 Å². The highest BCUT2D eigenvalue weighted by molar-refractivity contribution is 6.02. The van der Waals surface area contributed by atoms with E-state index in [1.807, 2.05) is 12.1 Å². The highest BCUT2D eigenvalue weighted by atomic mass is 16.5. The van der Waals surface area contributed by atoms with Crippen molar-refractivity contribution >= 4 is 17.6 Å². The summed E-state index contributed by atoms with van der Waals surface area (Å²) < 4.78 is 10.8. The average Bonchev–Trinajstić information content (AvgIpc) is 3.26. The van der Waals surface area contributed by atoms with E-state index in [0.717, 1.165) is 18.4 Å². The molecule has 1 aromatic carbocycles. The van der Waals surface area contributed by atoms with Crippen LogP contribution in [0.3, 0.4) is 0 Å². The third kappa shape index (κ3) is 4.02. The van der Waals surface area contributed by atoms with E-state index in [1.165, 1.54) is 25.0 Å². The van der Waals surface area contributed by atoms with Crippen molar-refractivity contribution in [2.45, 2.75) is 38.4 Å². The van der Waals surface area contributed by atoms with Crippen LogP contribution in [0.2, 0.25) is 0 Å². The molecule has 1 aliphatic rings. The van der Waals surface area contributed by atoms with Gasteiger partial charge in [0.15, 0.2) is 5.76 Å². The van der Waals surface area contributed by atoms with Gasteiger partial charge in [0.1, 0.15) is 0 Å². The standard InChI is InChI=1S/C18H19NO5/c20-17(15-9-10-16(24-15)18(21)22)19-13-7-5-12(6-8-13)11-23-14-3-1-2-4-14/h5-10,14H,1-4,11H2,(H,19,20)(H,21,22).